The highest BCUT2D eigenvalue weighted by Gasteiger charge is 2.31. The standard InChI is InChI=1S/C20H21N3O3/c24-19(23-16-9-10-16)18(13-4-2-1-3-5-13)26-20(25)14-6-11-17(21-12-14)22-15-7-8-15/h1-6,11-12,15-16,18H,7-10H2,(H,21,22)(H,23,24). The molecule has 1 atom stereocenters. The van der Waals surface area contributed by atoms with Crippen LogP contribution < -0.4 is 10.6 Å². The van der Waals surface area contributed by atoms with Gasteiger partial charge in [-0.05, 0) is 37.8 Å². The van der Waals surface area contributed by atoms with E-state index in [1.807, 2.05) is 18.2 Å². The Morgan fingerprint density at radius 3 is 2.35 bits per heavy atom. The maximum absolute atomic E-state index is 12.5. The van der Waals surface area contributed by atoms with Crippen molar-refractivity contribution < 1.29 is 14.3 Å². The number of benzene rings is 1. The Morgan fingerprint density at radius 2 is 1.73 bits per heavy atom. The molecule has 26 heavy (non-hydrogen) atoms. The van der Waals surface area contributed by atoms with Gasteiger partial charge in [-0.25, -0.2) is 9.78 Å². The first-order valence-corrected chi connectivity index (χ1v) is 8.98. The smallest absolute Gasteiger partial charge is 0.340 e. The van der Waals surface area contributed by atoms with Crippen LogP contribution in [0, 0.1) is 0 Å². The number of nitrogens with zero attached hydrogens (tertiary/aromatic N) is 1. The van der Waals surface area contributed by atoms with Gasteiger partial charge in [0, 0.05) is 23.8 Å². The van der Waals surface area contributed by atoms with Crippen LogP contribution in [0.4, 0.5) is 5.82 Å². The molecule has 0 bridgehead atoms. The lowest BCUT2D eigenvalue weighted by molar-refractivity contribution is -0.130. The van der Waals surface area contributed by atoms with Crippen LogP contribution in [0.15, 0.2) is 48.7 Å². The van der Waals surface area contributed by atoms with E-state index >= 15 is 0 Å². The van der Waals surface area contributed by atoms with E-state index in [9.17, 15) is 9.59 Å². The summed E-state index contributed by atoms with van der Waals surface area (Å²) in [5.41, 5.74) is 0.977. The van der Waals surface area contributed by atoms with Gasteiger partial charge in [-0.15, -0.1) is 0 Å². The molecule has 2 aliphatic rings. The van der Waals surface area contributed by atoms with Crippen molar-refractivity contribution in [2.24, 2.45) is 0 Å². The Labute approximate surface area is 152 Å². The number of hydrogen-bond donors (Lipinski definition) is 2. The second-order valence-corrected chi connectivity index (χ2v) is 6.83. The number of esters is 1. The number of amides is 1. The van der Waals surface area contributed by atoms with E-state index in [4.69, 9.17) is 4.74 Å². The van der Waals surface area contributed by atoms with Crippen LogP contribution in [0.2, 0.25) is 0 Å². The van der Waals surface area contributed by atoms with Crippen LogP contribution in [-0.4, -0.2) is 28.9 Å². The number of nitrogens with one attached hydrogen (secondary N) is 2. The highest BCUT2D eigenvalue weighted by molar-refractivity contribution is 5.92. The van der Waals surface area contributed by atoms with Crippen molar-refractivity contribution in [2.45, 2.75) is 43.9 Å². The number of pyridine rings is 1. The predicted octanol–water partition coefficient (Wildman–Crippen LogP) is 2.83. The third kappa shape index (κ3) is 4.20. The molecule has 4 rings (SSSR count). The second kappa shape index (κ2) is 7.15. The number of rotatable bonds is 7. The minimum absolute atomic E-state index is 0.196. The van der Waals surface area contributed by atoms with E-state index in [0.717, 1.165) is 31.5 Å². The molecule has 0 aliphatic heterocycles. The number of hydrogen-bond acceptors (Lipinski definition) is 5. The lowest BCUT2D eigenvalue weighted by atomic mass is 10.1. The first kappa shape index (κ1) is 16.6. The average molecular weight is 351 g/mol. The van der Waals surface area contributed by atoms with Crippen LogP contribution in [-0.2, 0) is 9.53 Å². The lowest BCUT2D eigenvalue weighted by Gasteiger charge is -2.18. The number of carbonyl (C=O) groups excluding carboxylic acids is 2. The number of aromatic nitrogens is 1. The molecule has 2 N–H and O–H groups in total. The Morgan fingerprint density at radius 1 is 1.00 bits per heavy atom. The van der Waals surface area contributed by atoms with Crippen molar-refractivity contribution in [3.05, 3.63) is 59.8 Å². The summed E-state index contributed by atoms with van der Waals surface area (Å²) in [6.07, 6.45) is 4.77. The summed E-state index contributed by atoms with van der Waals surface area (Å²) in [5, 5.41) is 6.17. The monoisotopic (exact) mass is 351 g/mol. The minimum atomic E-state index is -0.964. The van der Waals surface area contributed by atoms with Crippen LogP contribution in [0.5, 0.6) is 0 Å². The van der Waals surface area contributed by atoms with Gasteiger partial charge in [0.1, 0.15) is 5.82 Å². The summed E-state index contributed by atoms with van der Waals surface area (Å²) < 4.78 is 5.53. The first-order chi connectivity index (χ1) is 12.7. The highest BCUT2D eigenvalue weighted by Crippen LogP contribution is 2.25. The van der Waals surface area contributed by atoms with E-state index in [2.05, 4.69) is 15.6 Å². The Kier molecular flexibility index (Phi) is 4.56. The molecule has 2 fully saturated rings. The molecule has 1 heterocycles. The van der Waals surface area contributed by atoms with Gasteiger partial charge in [0.15, 0.2) is 0 Å². The van der Waals surface area contributed by atoms with E-state index in [-0.39, 0.29) is 11.9 Å². The van der Waals surface area contributed by atoms with E-state index < -0.39 is 12.1 Å². The molecule has 6 nitrogen and oxygen atoms in total. The third-order valence-corrected chi connectivity index (χ3v) is 4.42. The van der Waals surface area contributed by atoms with Gasteiger partial charge in [-0.1, -0.05) is 30.3 Å². The Balaban J connectivity index is 1.46. The topological polar surface area (TPSA) is 80.3 Å². The maximum Gasteiger partial charge on any atom is 0.340 e. The summed E-state index contributed by atoms with van der Waals surface area (Å²) in [6, 6.07) is 13.2. The van der Waals surface area contributed by atoms with Gasteiger partial charge >= 0.3 is 5.97 Å². The van der Waals surface area contributed by atoms with Gasteiger partial charge in [0.2, 0.25) is 6.10 Å². The fourth-order valence-electron chi connectivity index (χ4n) is 2.62. The maximum atomic E-state index is 12.5. The van der Waals surface area contributed by atoms with Gasteiger partial charge < -0.3 is 15.4 Å². The van der Waals surface area contributed by atoms with Crippen molar-refractivity contribution in [1.82, 2.24) is 10.3 Å². The number of carbonyl (C=O) groups is 2. The first-order valence-electron chi connectivity index (χ1n) is 8.98. The lowest BCUT2D eigenvalue weighted by Crippen LogP contribution is -2.33. The summed E-state index contributed by atoms with van der Waals surface area (Å²) in [4.78, 5) is 29.3. The van der Waals surface area contributed by atoms with Crippen LogP contribution in [0.25, 0.3) is 0 Å². The fraction of sp³-hybridized carbons (Fsp3) is 0.350. The zero-order valence-corrected chi connectivity index (χ0v) is 14.4. The van der Waals surface area contributed by atoms with Crippen molar-refractivity contribution >= 4 is 17.7 Å². The number of anilines is 1. The molecule has 1 aromatic heterocycles. The minimum Gasteiger partial charge on any atom is -0.444 e. The summed E-state index contributed by atoms with van der Waals surface area (Å²) >= 11 is 0. The van der Waals surface area contributed by atoms with E-state index in [1.165, 1.54) is 6.20 Å². The summed E-state index contributed by atoms with van der Waals surface area (Å²) in [5.74, 6) is -0.0996. The van der Waals surface area contributed by atoms with Gasteiger partial charge in [-0.2, -0.15) is 0 Å². The van der Waals surface area contributed by atoms with Crippen molar-refractivity contribution in [3.8, 4) is 0 Å². The quantitative estimate of drug-likeness (QED) is 0.750. The Bertz CT molecular complexity index is 784. The van der Waals surface area contributed by atoms with Crippen LogP contribution in [0.1, 0.15) is 47.7 Å². The molecular formula is C20H21N3O3. The van der Waals surface area contributed by atoms with Gasteiger partial charge in [-0.3, -0.25) is 4.79 Å². The summed E-state index contributed by atoms with van der Waals surface area (Å²) in [7, 11) is 0. The molecule has 0 spiro atoms. The van der Waals surface area contributed by atoms with Crippen LogP contribution >= 0.6 is 0 Å². The van der Waals surface area contributed by atoms with Crippen LogP contribution in [0.3, 0.4) is 0 Å². The third-order valence-electron chi connectivity index (χ3n) is 4.42. The average Bonchev–Trinajstić information content (AvgIpc) is 3.58. The molecule has 2 aromatic rings. The zero-order valence-electron chi connectivity index (χ0n) is 14.4. The predicted molar refractivity (Wildman–Crippen MR) is 96.6 cm³/mol. The molecule has 2 aliphatic carbocycles. The summed E-state index contributed by atoms with van der Waals surface area (Å²) in [6.45, 7) is 0. The van der Waals surface area contributed by atoms with E-state index in [0.29, 0.717) is 17.2 Å². The normalized spacial score (nSPS) is 17.2. The molecule has 0 radical (unpaired) electrons. The second-order valence-electron chi connectivity index (χ2n) is 6.83. The largest absolute Gasteiger partial charge is 0.444 e. The molecule has 2 saturated carbocycles. The SMILES string of the molecule is O=C(OC(C(=O)NC1CC1)c1ccccc1)c1ccc(NC2CC2)nc1. The van der Waals surface area contributed by atoms with E-state index in [1.54, 1.807) is 24.3 Å². The fourth-order valence-corrected chi connectivity index (χ4v) is 2.62. The van der Waals surface area contributed by atoms with Crippen molar-refractivity contribution in [1.29, 1.82) is 0 Å². The van der Waals surface area contributed by atoms with Crippen molar-refractivity contribution in [2.75, 3.05) is 5.32 Å². The molecule has 1 aromatic carbocycles. The number of ether oxygens (including phenoxy) is 1. The molecule has 0 saturated heterocycles. The van der Waals surface area contributed by atoms with Crippen molar-refractivity contribution in [3.63, 3.8) is 0 Å². The molecule has 1 unspecified atom stereocenters. The molecule has 6 heteroatoms. The van der Waals surface area contributed by atoms with Gasteiger partial charge in [0.05, 0.1) is 5.56 Å². The zero-order chi connectivity index (χ0) is 17.9. The Hall–Kier alpha value is -2.89. The highest BCUT2D eigenvalue weighted by atomic mass is 16.5. The molecule has 1 amide bonds. The van der Waals surface area contributed by atoms with Gasteiger partial charge in [0.25, 0.3) is 5.91 Å². The molecule has 134 valence electrons. The molecular weight excluding hydrogens is 330 g/mol.